The van der Waals surface area contributed by atoms with Crippen molar-refractivity contribution in [2.75, 3.05) is 0 Å². The lowest BCUT2D eigenvalue weighted by Gasteiger charge is -2.37. The highest BCUT2D eigenvalue weighted by molar-refractivity contribution is 5.86. The fourth-order valence-electron chi connectivity index (χ4n) is 4.08. The number of hydrogen-bond acceptors (Lipinski definition) is 1. The molecule has 2 aromatic carbocycles. The van der Waals surface area contributed by atoms with Crippen molar-refractivity contribution in [1.29, 1.82) is 0 Å². The summed E-state index contributed by atoms with van der Waals surface area (Å²) in [7, 11) is 0. The van der Waals surface area contributed by atoms with Crippen molar-refractivity contribution in [1.82, 2.24) is 0 Å². The van der Waals surface area contributed by atoms with Crippen molar-refractivity contribution < 1.29 is 45.0 Å². The number of hydrogen-bond donors (Lipinski definition) is 1. The molecule has 0 saturated heterocycles. The van der Waals surface area contributed by atoms with E-state index in [1.54, 1.807) is 20.8 Å². The number of carbonyl (C=O) groups is 1. The average molecular weight is 508 g/mol. The molecule has 2 aromatic rings. The molecule has 2 unspecified atom stereocenters. The number of carboxylic acids is 1. The van der Waals surface area contributed by atoms with E-state index in [4.69, 9.17) is 0 Å². The predicted molar refractivity (Wildman–Crippen MR) is 114 cm³/mol. The molecule has 0 fully saturated rings. The third-order valence-electron chi connectivity index (χ3n) is 6.42. The lowest BCUT2D eigenvalue weighted by Crippen LogP contribution is -2.41. The van der Waals surface area contributed by atoms with E-state index in [9.17, 15) is 45.0 Å². The van der Waals surface area contributed by atoms with Gasteiger partial charge in [-0.15, -0.1) is 6.58 Å². The van der Waals surface area contributed by atoms with Crippen molar-refractivity contribution in [2.45, 2.75) is 45.0 Å². The number of allylic oxidation sites excluding steroid dienone is 1. The van der Waals surface area contributed by atoms with E-state index in [0.717, 1.165) is 6.07 Å². The van der Waals surface area contributed by atoms with Crippen LogP contribution in [0.5, 0.6) is 0 Å². The molecule has 1 N–H and O–H groups in total. The second-order valence-electron chi connectivity index (χ2n) is 8.84. The quantitative estimate of drug-likeness (QED) is 0.291. The van der Waals surface area contributed by atoms with Crippen LogP contribution in [-0.2, 0) is 22.6 Å². The van der Waals surface area contributed by atoms with Crippen molar-refractivity contribution in [3.8, 4) is 0 Å². The Morgan fingerprint density at radius 1 is 0.914 bits per heavy atom. The molecule has 3 atom stereocenters. The maximum atomic E-state index is 14.4. The minimum atomic E-state index is -5.22. The van der Waals surface area contributed by atoms with E-state index >= 15 is 0 Å². The van der Waals surface area contributed by atoms with Gasteiger partial charge in [0.05, 0.1) is 11.1 Å². The Hall–Kier alpha value is -2.91. The molecule has 0 radical (unpaired) electrons. The number of carboxylic acid groups (broad SMARTS) is 1. The third-order valence-corrected chi connectivity index (χ3v) is 6.42. The van der Waals surface area contributed by atoms with Crippen LogP contribution in [0.4, 0.5) is 35.1 Å². The van der Waals surface area contributed by atoms with Crippen LogP contribution < -0.4 is 0 Å². The van der Waals surface area contributed by atoms with Gasteiger partial charge in [0.15, 0.2) is 0 Å². The van der Waals surface area contributed by atoms with Gasteiger partial charge >= 0.3 is 18.3 Å². The van der Waals surface area contributed by atoms with Gasteiger partial charge in [0.1, 0.15) is 17.0 Å². The van der Waals surface area contributed by atoms with Gasteiger partial charge < -0.3 is 5.11 Å². The Morgan fingerprint density at radius 3 is 1.94 bits per heavy atom. The van der Waals surface area contributed by atoms with Crippen LogP contribution in [0.15, 0.2) is 49.1 Å². The minimum absolute atomic E-state index is 0.0679. The number of benzene rings is 2. The lowest BCUT2D eigenvalue weighted by molar-refractivity contribution is -0.144. The SMILES string of the molecule is C=CC(CC(C(=O)O)(c1cc(F)cc(C(F)(F)F)c1)c1ccc(F)c(C(F)(F)F)c1)[C@H](C)C(C)C. The fourth-order valence-corrected chi connectivity index (χ4v) is 4.08. The highest BCUT2D eigenvalue weighted by Crippen LogP contribution is 2.45. The molecule has 0 aliphatic rings. The topological polar surface area (TPSA) is 37.3 Å². The molecule has 10 heteroatoms. The summed E-state index contributed by atoms with van der Waals surface area (Å²) >= 11 is 0. The third kappa shape index (κ3) is 5.85. The van der Waals surface area contributed by atoms with Gasteiger partial charge in [-0.25, -0.2) is 8.78 Å². The summed E-state index contributed by atoms with van der Waals surface area (Å²) in [6.45, 7) is 8.98. The predicted octanol–water partition coefficient (Wildman–Crippen LogP) is 7.86. The van der Waals surface area contributed by atoms with E-state index in [1.165, 1.54) is 6.08 Å². The van der Waals surface area contributed by atoms with Gasteiger partial charge in [0.2, 0.25) is 0 Å². The highest BCUT2D eigenvalue weighted by atomic mass is 19.4. The number of halogens is 8. The summed E-state index contributed by atoms with van der Waals surface area (Å²) in [4.78, 5) is 12.8. The molecule has 0 saturated carbocycles. The zero-order chi connectivity index (χ0) is 26.9. The molecule has 0 amide bonds. The minimum Gasteiger partial charge on any atom is -0.480 e. The van der Waals surface area contributed by atoms with Crippen LogP contribution in [0.1, 0.15) is 49.4 Å². The summed E-state index contributed by atoms with van der Waals surface area (Å²) in [6, 6.07) is 2.51. The van der Waals surface area contributed by atoms with Crippen LogP contribution in [0, 0.1) is 29.4 Å². The Balaban J connectivity index is 2.99. The standard InChI is InChI=1S/C25H24F8O2/c1-5-15(14(4)13(2)3)12-23(22(34)35,16-6-7-21(27)20(11-16)25(31,32)33)17-8-18(24(28,29)30)10-19(26)9-17/h5-11,13-15H,1,12H2,2-4H3,(H,34,35)/t14-,15?,23?/m1/s1. The molecule has 0 aliphatic heterocycles. The van der Waals surface area contributed by atoms with E-state index in [1.807, 2.05) is 0 Å². The molecular weight excluding hydrogens is 484 g/mol. The normalized spacial score (nSPS) is 16.0. The largest absolute Gasteiger partial charge is 0.480 e. The highest BCUT2D eigenvalue weighted by Gasteiger charge is 2.47. The van der Waals surface area contributed by atoms with Crippen LogP contribution in [0.25, 0.3) is 0 Å². The van der Waals surface area contributed by atoms with Gasteiger partial charge in [0.25, 0.3) is 0 Å². The first kappa shape index (κ1) is 28.3. The molecule has 35 heavy (non-hydrogen) atoms. The monoisotopic (exact) mass is 508 g/mol. The van der Waals surface area contributed by atoms with Crippen LogP contribution in [0.2, 0.25) is 0 Å². The maximum absolute atomic E-state index is 14.4. The van der Waals surface area contributed by atoms with Gasteiger partial charge in [0, 0.05) is 0 Å². The summed E-state index contributed by atoms with van der Waals surface area (Å²) < 4.78 is 109. The zero-order valence-electron chi connectivity index (χ0n) is 19.1. The van der Waals surface area contributed by atoms with Crippen molar-refractivity contribution in [3.05, 3.63) is 82.9 Å². The van der Waals surface area contributed by atoms with E-state index in [0.29, 0.717) is 18.2 Å². The number of alkyl halides is 6. The first-order chi connectivity index (χ1) is 15.9. The van der Waals surface area contributed by atoms with E-state index in [-0.39, 0.29) is 24.0 Å². The van der Waals surface area contributed by atoms with Crippen LogP contribution in [-0.4, -0.2) is 11.1 Å². The van der Waals surface area contributed by atoms with Crippen molar-refractivity contribution in [3.63, 3.8) is 0 Å². The van der Waals surface area contributed by atoms with Crippen molar-refractivity contribution >= 4 is 5.97 Å². The molecule has 0 bridgehead atoms. The van der Waals surface area contributed by atoms with Gasteiger partial charge in [-0.2, -0.15) is 26.3 Å². The smallest absolute Gasteiger partial charge is 0.419 e. The summed E-state index contributed by atoms with van der Waals surface area (Å²) in [6.07, 6.45) is -9.47. The molecule has 192 valence electrons. The van der Waals surface area contributed by atoms with Gasteiger partial charge in [-0.05, 0) is 65.6 Å². The van der Waals surface area contributed by atoms with E-state index in [2.05, 4.69) is 6.58 Å². The number of rotatable bonds is 8. The molecule has 0 heterocycles. The second kappa shape index (κ2) is 9.99. The first-order valence-electron chi connectivity index (χ1n) is 10.6. The van der Waals surface area contributed by atoms with Crippen LogP contribution >= 0.6 is 0 Å². The molecular formula is C25H24F8O2. The Bertz CT molecular complexity index is 1090. The summed E-state index contributed by atoms with van der Waals surface area (Å²) in [5.74, 6) is -6.02. The number of aliphatic carboxylic acids is 1. The summed E-state index contributed by atoms with van der Waals surface area (Å²) in [5, 5.41) is 10.3. The zero-order valence-corrected chi connectivity index (χ0v) is 19.1. The molecule has 2 rings (SSSR count). The molecule has 0 aliphatic carbocycles. The van der Waals surface area contributed by atoms with Gasteiger partial charge in [-0.1, -0.05) is 32.9 Å². The van der Waals surface area contributed by atoms with Crippen LogP contribution in [0.3, 0.4) is 0 Å². The molecule has 0 spiro atoms. The van der Waals surface area contributed by atoms with E-state index < -0.39 is 70.0 Å². The lowest BCUT2D eigenvalue weighted by atomic mass is 9.65. The Morgan fingerprint density at radius 2 is 1.49 bits per heavy atom. The van der Waals surface area contributed by atoms with Gasteiger partial charge in [-0.3, -0.25) is 4.79 Å². The maximum Gasteiger partial charge on any atom is 0.419 e. The first-order valence-corrected chi connectivity index (χ1v) is 10.6. The Kier molecular flexibility index (Phi) is 8.08. The summed E-state index contributed by atoms with van der Waals surface area (Å²) in [5.41, 5.74) is -7.25. The second-order valence-corrected chi connectivity index (χ2v) is 8.84. The fraction of sp³-hybridized carbons (Fsp3) is 0.400. The van der Waals surface area contributed by atoms with Crippen molar-refractivity contribution in [2.24, 2.45) is 17.8 Å². The Labute approximate surface area is 197 Å². The molecule has 2 nitrogen and oxygen atoms in total. The average Bonchev–Trinajstić information content (AvgIpc) is 2.72. The molecule has 0 aromatic heterocycles.